The molecule has 0 aliphatic rings. The van der Waals surface area contributed by atoms with Gasteiger partial charge in [0.25, 0.3) is 0 Å². The monoisotopic (exact) mass is 482 g/mol. The highest BCUT2D eigenvalue weighted by Crippen LogP contribution is 2.19. The zero-order valence-corrected chi connectivity index (χ0v) is 20.8. The highest BCUT2D eigenvalue weighted by Gasteiger charge is 2.37. The van der Waals surface area contributed by atoms with E-state index in [1.165, 1.54) is 27.9 Å². The number of methoxy groups -OCH3 is 1. The van der Waals surface area contributed by atoms with Gasteiger partial charge in [-0.2, -0.15) is 0 Å². The molecule has 1 aromatic carbocycles. The maximum Gasteiger partial charge on any atom is 0.331 e. The molecule has 0 heterocycles. The third-order valence-corrected chi connectivity index (χ3v) is 5.81. The molecule has 0 spiro atoms. The number of carbonyl (C=O) groups is 4. The summed E-state index contributed by atoms with van der Waals surface area (Å²) in [7, 11) is 1.43. The van der Waals surface area contributed by atoms with Crippen molar-refractivity contribution in [2.24, 2.45) is 0 Å². The molecule has 184 valence electrons. The molecule has 0 saturated carbocycles. The lowest BCUT2D eigenvalue weighted by molar-refractivity contribution is -0.150. The zero-order valence-electron chi connectivity index (χ0n) is 20.0. The van der Waals surface area contributed by atoms with Crippen LogP contribution in [0, 0.1) is 0 Å². The topological polar surface area (TPSA) is 120 Å². The first kappa shape index (κ1) is 28.6. The lowest BCUT2D eigenvalue weighted by Crippen LogP contribution is -2.60. The van der Waals surface area contributed by atoms with Crippen molar-refractivity contribution in [1.29, 1.82) is 0 Å². The number of nitrogens with one attached hydrogen (secondary N) is 2. The molecule has 2 amide bonds. The molecule has 3 atom stereocenters. The fraction of sp³-hybridized carbons (Fsp3) is 0.565. The van der Waals surface area contributed by atoms with E-state index in [9.17, 15) is 19.2 Å². The molecule has 1 aromatic rings. The molecule has 0 aliphatic heterocycles. The summed E-state index contributed by atoms with van der Waals surface area (Å²) in [4.78, 5) is 49.6. The van der Waals surface area contributed by atoms with Gasteiger partial charge in [-0.15, -0.1) is 0 Å². The number of thioether (sulfide) groups is 1. The number of carbonyl (C=O) groups excluding carboxylic acids is 4. The Morgan fingerprint density at radius 3 is 2.30 bits per heavy atom. The quantitative estimate of drug-likeness (QED) is 0.409. The molecule has 2 N–H and O–H groups in total. The van der Waals surface area contributed by atoms with E-state index in [0.717, 1.165) is 17.3 Å². The highest BCUT2D eigenvalue weighted by molar-refractivity contribution is 8.14. The van der Waals surface area contributed by atoms with Gasteiger partial charge in [0.05, 0.1) is 25.9 Å². The van der Waals surface area contributed by atoms with Gasteiger partial charge >= 0.3 is 5.97 Å². The van der Waals surface area contributed by atoms with Crippen LogP contribution < -0.4 is 10.6 Å². The van der Waals surface area contributed by atoms with Crippen molar-refractivity contribution in [3.05, 3.63) is 35.9 Å². The fourth-order valence-corrected chi connectivity index (χ4v) is 3.55. The summed E-state index contributed by atoms with van der Waals surface area (Å²) in [6.07, 6.45) is -0.559. The van der Waals surface area contributed by atoms with Crippen LogP contribution in [0.25, 0.3) is 0 Å². The van der Waals surface area contributed by atoms with Crippen LogP contribution in [0.15, 0.2) is 30.3 Å². The smallest absolute Gasteiger partial charge is 0.331 e. The minimum Gasteiger partial charge on any atom is -0.464 e. The van der Waals surface area contributed by atoms with Gasteiger partial charge < -0.3 is 24.8 Å². The molecule has 0 saturated heterocycles. The minimum absolute atomic E-state index is 0.104. The van der Waals surface area contributed by atoms with Crippen molar-refractivity contribution in [2.45, 2.75) is 64.2 Å². The van der Waals surface area contributed by atoms with E-state index in [2.05, 4.69) is 10.6 Å². The summed E-state index contributed by atoms with van der Waals surface area (Å²) in [5, 5.41) is 4.15. The van der Waals surface area contributed by atoms with Crippen LogP contribution in [0.1, 0.15) is 40.2 Å². The lowest BCUT2D eigenvalue weighted by atomic mass is 10.0. The molecular formula is C23H34N2O7S. The first-order chi connectivity index (χ1) is 15.5. The van der Waals surface area contributed by atoms with E-state index in [1.54, 1.807) is 13.8 Å². The number of hydrogen-bond donors (Lipinski definition) is 2. The Kier molecular flexibility index (Phi) is 12.1. The molecule has 1 rings (SSSR count). The van der Waals surface area contributed by atoms with Crippen LogP contribution in [0.4, 0.5) is 0 Å². The van der Waals surface area contributed by atoms with Crippen LogP contribution >= 0.6 is 11.8 Å². The van der Waals surface area contributed by atoms with Gasteiger partial charge in [-0.05, 0) is 33.3 Å². The average Bonchev–Trinajstić information content (AvgIpc) is 2.76. The van der Waals surface area contributed by atoms with Gasteiger partial charge in [0.1, 0.15) is 10.8 Å². The fourth-order valence-electron chi connectivity index (χ4n) is 2.72. The Bertz CT molecular complexity index is 801. The number of rotatable bonds is 13. The van der Waals surface area contributed by atoms with E-state index < -0.39 is 40.7 Å². The standard InChI is InChI=1S/C23H34N2O7S/c1-7-32-21(28)18(14-31-13-17-11-9-8-10-12-17)24-22(29)23(4,5)25-20(27)19(15(2)30-6)33-16(3)26/h8-12,15,18-19H,7,13-14H2,1-6H3,(H,24,29)(H,25,27)/t15?,18-,19-/m0/s1. The normalized spacial score (nSPS) is 14.0. The SMILES string of the molecule is CCOC(=O)[C@H](COCc1ccccc1)NC(=O)C(C)(C)NC(=O)[C@@H](SC(C)=O)C(C)OC. The zero-order chi connectivity index (χ0) is 25.0. The van der Waals surface area contributed by atoms with Crippen LogP contribution in [0.3, 0.4) is 0 Å². The van der Waals surface area contributed by atoms with Crippen molar-refractivity contribution in [1.82, 2.24) is 10.6 Å². The summed E-state index contributed by atoms with van der Waals surface area (Å²) < 4.78 is 15.9. The largest absolute Gasteiger partial charge is 0.464 e. The summed E-state index contributed by atoms with van der Waals surface area (Å²) in [5.74, 6) is -1.77. The van der Waals surface area contributed by atoms with Crippen molar-refractivity contribution < 1.29 is 33.4 Å². The van der Waals surface area contributed by atoms with E-state index in [0.29, 0.717) is 0 Å². The average molecular weight is 483 g/mol. The lowest BCUT2D eigenvalue weighted by Gasteiger charge is -2.30. The second-order valence-corrected chi connectivity index (χ2v) is 9.18. The van der Waals surface area contributed by atoms with Crippen molar-refractivity contribution >= 4 is 34.7 Å². The number of benzene rings is 1. The van der Waals surface area contributed by atoms with Gasteiger partial charge in [-0.25, -0.2) is 4.79 Å². The molecule has 33 heavy (non-hydrogen) atoms. The maximum absolute atomic E-state index is 12.9. The van der Waals surface area contributed by atoms with E-state index >= 15 is 0 Å². The van der Waals surface area contributed by atoms with Crippen LogP contribution in [-0.2, 0) is 40.0 Å². The summed E-state index contributed by atoms with van der Waals surface area (Å²) >= 11 is 0.825. The summed E-state index contributed by atoms with van der Waals surface area (Å²) in [6.45, 7) is 7.97. The van der Waals surface area contributed by atoms with Gasteiger partial charge in [0, 0.05) is 14.0 Å². The van der Waals surface area contributed by atoms with Crippen molar-refractivity contribution in [3.63, 3.8) is 0 Å². The highest BCUT2D eigenvalue weighted by atomic mass is 32.2. The first-order valence-corrected chi connectivity index (χ1v) is 11.5. The summed E-state index contributed by atoms with van der Waals surface area (Å²) in [5.41, 5.74) is -0.468. The van der Waals surface area contributed by atoms with Gasteiger partial charge in [0.15, 0.2) is 11.2 Å². The third-order valence-electron chi connectivity index (χ3n) is 4.63. The second kappa shape index (κ2) is 14.0. The van der Waals surface area contributed by atoms with Gasteiger partial charge in [0.2, 0.25) is 11.8 Å². The second-order valence-electron chi connectivity index (χ2n) is 7.86. The third kappa shape index (κ3) is 9.93. The molecule has 9 nitrogen and oxygen atoms in total. The Morgan fingerprint density at radius 2 is 1.76 bits per heavy atom. The van der Waals surface area contributed by atoms with E-state index in [1.807, 2.05) is 30.3 Å². The number of ether oxygens (including phenoxy) is 3. The molecule has 0 aromatic heterocycles. The van der Waals surface area contributed by atoms with Gasteiger partial charge in [-0.3, -0.25) is 14.4 Å². The molecule has 0 aliphatic carbocycles. The van der Waals surface area contributed by atoms with Crippen molar-refractivity contribution in [3.8, 4) is 0 Å². The molecule has 10 heteroatoms. The molecular weight excluding hydrogens is 448 g/mol. The van der Waals surface area contributed by atoms with E-state index in [4.69, 9.17) is 14.2 Å². The number of hydrogen-bond acceptors (Lipinski definition) is 8. The van der Waals surface area contributed by atoms with Crippen molar-refractivity contribution in [2.75, 3.05) is 20.3 Å². The molecule has 0 radical (unpaired) electrons. The minimum atomic E-state index is -1.38. The maximum atomic E-state index is 12.9. The Hall–Kier alpha value is -2.43. The predicted molar refractivity (Wildman–Crippen MR) is 125 cm³/mol. The van der Waals surface area contributed by atoms with Gasteiger partial charge in [-0.1, -0.05) is 42.1 Å². The molecule has 0 fully saturated rings. The van der Waals surface area contributed by atoms with Crippen LogP contribution in [-0.4, -0.2) is 66.2 Å². The van der Waals surface area contributed by atoms with Crippen LogP contribution in [0.5, 0.6) is 0 Å². The first-order valence-electron chi connectivity index (χ1n) is 10.6. The number of esters is 1. The number of amides is 2. The van der Waals surface area contributed by atoms with Crippen LogP contribution in [0.2, 0.25) is 0 Å². The van der Waals surface area contributed by atoms with E-state index in [-0.39, 0.29) is 24.9 Å². The predicted octanol–water partition coefficient (Wildman–Crippen LogP) is 1.83. The Labute approximate surface area is 199 Å². The molecule has 0 bridgehead atoms. The Morgan fingerprint density at radius 1 is 1.12 bits per heavy atom. The Balaban J connectivity index is 2.84. The summed E-state index contributed by atoms with van der Waals surface area (Å²) in [6, 6.07) is 8.33. The molecule has 1 unspecified atom stereocenters.